The normalized spacial score (nSPS) is 15.6. The number of carbonyl (C=O) groups is 1. The van der Waals surface area contributed by atoms with Crippen molar-refractivity contribution in [3.63, 3.8) is 0 Å². The first kappa shape index (κ1) is 21.3. The van der Waals surface area contributed by atoms with Crippen LogP contribution < -0.4 is 10.2 Å². The number of nitrogens with zero attached hydrogens (tertiary/aromatic N) is 3. The maximum Gasteiger partial charge on any atom is 0.409 e. The second-order valence-electron chi connectivity index (χ2n) is 7.58. The number of piperazine rings is 1. The summed E-state index contributed by atoms with van der Waals surface area (Å²) in [4.78, 5) is 21.0. The van der Waals surface area contributed by atoms with Gasteiger partial charge in [-0.05, 0) is 39.0 Å². The summed E-state index contributed by atoms with van der Waals surface area (Å²) in [6.07, 6.45) is -0.232. The third kappa shape index (κ3) is 5.36. The van der Waals surface area contributed by atoms with Gasteiger partial charge in [0.1, 0.15) is 5.82 Å². The molecule has 1 amide bonds. The summed E-state index contributed by atoms with van der Waals surface area (Å²) >= 11 is 0. The molecule has 1 atom stereocenters. The van der Waals surface area contributed by atoms with E-state index in [9.17, 15) is 4.79 Å². The van der Waals surface area contributed by atoms with E-state index in [4.69, 9.17) is 14.5 Å². The Bertz CT molecular complexity index is 834. The predicted octanol–water partition coefficient (Wildman–Crippen LogP) is 2.95. The first-order valence-corrected chi connectivity index (χ1v) is 10.3. The number of methoxy groups -OCH3 is 1. The fourth-order valence-corrected chi connectivity index (χ4v) is 3.64. The minimum Gasteiger partial charge on any atom is -0.450 e. The summed E-state index contributed by atoms with van der Waals surface area (Å²) in [5.41, 5.74) is 3.38. The molecule has 2 heterocycles. The molecule has 1 fully saturated rings. The third-order valence-electron chi connectivity index (χ3n) is 5.19. The highest BCUT2D eigenvalue weighted by atomic mass is 16.6. The van der Waals surface area contributed by atoms with Crippen molar-refractivity contribution in [1.29, 1.82) is 0 Å². The number of nitrogens with one attached hydrogen (secondary N) is 1. The van der Waals surface area contributed by atoms with Crippen LogP contribution in [-0.4, -0.2) is 68.5 Å². The zero-order valence-electron chi connectivity index (χ0n) is 17.9. The molecule has 0 saturated carbocycles. The smallest absolute Gasteiger partial charge is 0.409 e. The second kappa shape index (κ2) is 9.89. The molecule has 29 heavy (non-hydrogen) atoms. The van der Waals surface area contributed by atoms with Gasteiger partial charge in [-0.2, -0.15) is 0 Å². The van der Waals surface area contributed by atoms with Crippen molar-refractivity contribution >= 4 is 22.8 Å². The molecule has 7 nitrogen and oxygen atoms in total. The molecule has 0 unspecified atom stereocenters. The van der Waals surface area contributed by atoms with E-state index in [-0.39, 0.29) is 12.1 Å². The first-order valence-electron chi connectivity index (χ1n) is 10.3. The van der Waals surface area contributed by atoms with Crippen LogP contribution in [0.5, 0.6) is 0 Å². The standard InChI is InChI=1S/C22H32N4O3/c1-5-29-22(27)26-10-8-25(9-11-26)21-19(14-23-17(3)15-28-4)13-18-12-16(2)6-7-20(18)24-21/h6-7,12-13,17,23H,5,8-11,14-15H2,1-4H3/t17-/m1/s1. The van der Waals surface area contributed by atoms with Crippen molar-refractivity contribution in [2.45, 2.75) is 33.4 Å². The van der Waals surface area contributed by atoms with Gasteiger partial charge in [-0.15, -0.1) is 0 Å². The lowest BCUT2D eigenvalue weighted by Gasteiger charge is -2.35. The molecule has 7 heteroatoms. The number of carbonyl (C=O) groups excluding carboxylic acids is 1. The van der Waals surface area contributed by atoms with Crippen molar-refractivity contribution in [3.8, 4) is 0 Å². The molecule has 1 saturated heterocycles. The number of rotatable bonds is 7. The van der Waals surface area contributed by atoms with Crippen molar-refractivity contribution in [2.24, 2.45) is 0 Å². The number of aromatic nitrogens is 1. The maximum atomic E-state index is 12.0. The average Bonchev–Trinajstić information content (AvgIpc) is 2.72. The van der Waals surface area contributed by atoms with Gasteiger partial charge in [0.25, 0.3) is 0 Å². The van der Waals surface area contributed by atoms with Crippen LogP contribution in [0, 0.1) is 6.92 Å². The van der Waals surface area contributed by atoms with Crippen LogP contribution in [0.15, 0.2) is 24.3 Å². The minimum absolute atomic E-state index is 0.232. The molecule has 158 valence electrons. The highest BCUT2D eigenvalue weighted by Gasteiger charge is 2.24. The first-order chi connectivity index (χ1) is 14.0. The van der Waals surface area contributed by atoms with Gasteiger partial charge >= 0.3 is 6.09 Å². The summed E-state index contributed by atoms with van der Waals surface area (Å²) in [6, 6.07) is 8.83. The molecule has 1 aromatic carbocycles. The van der Waals surface area contributed by atoms with Crippen LogP contribution in [0.1, 0.15) is 25.0 Å². The Morgan fingerprint density at radius 2 is 2.00 bits per heavy atom. The van der Waals surface area contributed by atoms with Gasteiger partial charge in [0, 0.05) is 56.8 Å². The number of hydrogen-bond acceptors (Lipinski definition) is 6. The van der Waals surface area contributed by atoms with Gasteiger partial charge in [0.15, 0.2) is 0 Å². The van der Waals surface area contributed by atoms with E-state index in [1.165, 1.54) is 5.56 Å². The fraction of sp³-hybridized carbons (Fsp3) is 0.545. The summed E-state index contributed by atoms with van der Waals surface area (Å²) in [5, 5.41) is 4.67. The second-order valence-corrected chi connectivity index (χ2v) is 7.58. The molecule has 1 aliphatic rings. The van der Waals surface area contributed by atoms with Crippen molar-refractivity contribution in [3.05, 3.63) is 35.4 Å². The Balaban J connectivity index is 1.82. The molecule has 0 radical (unpaired) electrons. The molecular weight excluding hydrogens is 368 g/mol. The van der Waals surface area contributed by atoms with E-state index >= 15 is 0 Å². The van der Waals surface area contributed by atoms with E-state index in [2.05, 4.69) is 48.3 Å². The van der Waals surface area contributed by atoms with Crippen LogP contribution in [0.25, 0.3) is 10.9 Å². The molecule has 1 aromatic heterocycles. The lowest BCUT2D eigenvalue weighted by atomic mass is 10.1. The highest BCUT2D eigenvalue weighted by Crippen LogP contribution is 2.26. The van der Waals surface area contributed by atoms with Crippen LogP contribution >= 0.6 is 0 Å². The molecule has 3 rings (SSSR count). The summed E-state index contributed by atoms with van der Waals surface area (Å²) in [5.74, 6) is 0.988. The van der Waals surface area contributed by atoms with Crippen molar-refractivity contribution in [1.82, 2.24) is 15.2 Å². The molecule has 1 aliphatic heterocycles. The van der Waals surface area contributed by atoms with Crippen molar-refractivity contribution in [2.75, 3.05) is 51.4 Å². The van der Waals surface area contributed by atoms with Gasteiger partial charge < -0.3 is 24.6 Å². The van der Waals surface area contributed by atoms with Crippen molar-refractivity contribution < 1.29 is 14.3 Å². The van der Waals surface area contributed by atoms with E-state index in [1.807, 2.05) is 6.92 Å². The van der Waals surface area contributed by atoms with Gasteiger partial charge in [-0.25, -0.2) is 9.78 Å². The van der Waals surface area contributed by atoms with Crippen LogP contribution in [0.3, 0.4) is 0 Å². The predicted molar refractivity (Wildman–Crippen MR) is 115 cm³/mol. The van der Waals surface area contributed by atoms with Crippen LogP contribution in [0.4, 0.5) is 10.6 Å². The van der Waals surface area contributed by atoms with Crippen LogP contribution in [-0.2, 0) is 16.0 Å². The number of aryl methyl sites for hydroxylation is 1. The zero-order valence-corrected chi connectivity index (χ0v) is 17.9. The number of amides is 1. The van der Waals surface area contributed by atoms with E-state index in [0.717, 1.165) is 41.9 Å². The number of pyridine rings is 1. The monoisotopic (exact) mass is 400 g/mol. The minimum atomic E-state index is -0.232. The Morgan fingerprint density at radius 1 is 1.24 bits per heavy atom. The molecule has 2 aromatic rings. The lowest BCUT2D eigenvalue weighted by Crippen LogP contribution is -2.49. The Morgan fingerprint density at radius 3 is 2.69 bits per heavy atom. The Labute approximate surface area is 173 Å². The number of anilines is 1. The zero-order chi connectivity index (χ0) is 20.8. The van der Waals surface area contributed by atoms with Gasteiger partial charge in [0.2, 0.25) is 0 Å². The Hall–Kier alpha value is -2.38. The summed E-state index contributed by atoms with van der Waals surface area (Å²) in [6.45, 7) is 10.6. The van der Waals surface area contributed by atoms with E-state index in [1.54, 1.807) is 12.0 Å². The van der Waals surface area contributed by atoms with Gasteiger partial charge in [-0.3, -0.25) is 0 Å². The summed E-state index contributed by atoms with van der Waals surface area (Å²) < 4.78 is 10.4. The summed E-state index contributed by atoms with van der Waals surface area (Å²) in [7, 11) is 1.72. The van der Waals surface area contributed by atoms with E-state index in [0.29, 0.717) is 26.3 Å². The average molecular weight is 401 g/mol. The molecule has 1 N–H and O–H groups in total. The van der Waals surface area contributed by atoms with Gasteiger partial charge in [-0.1, -0.05) is 11.6 Å². The molecule has 0 aliphatic carbocycles. The number of benzene rings is 1. The topological polar surface area (TPSA) is 66.9 Å². The molecule has 0 spiro atoms. The third-order valence-corrected chi connectivity index (χ3v) is 5.19. The van der Waals surface area contributed by atoms with Gasteiger partial charge in [0.05, 0.1) is 18.7 Å². The number of ether oxygens (including phenoxy) is 2. The van der Waals surface area contributed by atoms with Crippen LogP contribution in [0.2, 0.25) is 0 Å². The quantitative estimate of drug-likeness (QED) is 0.771. The van der Waals surface area contributed by atoms with E-state index < -0.39 is 0 Å². The number of hydrogen-bond donors (Lipinski definition) is 1. The SMILES string of the molecule is CCOC(=O)N1CCN(c2nc3ccc(C)cc3cc2CN[C@H](C)COC)CC1. The largest absolute Gasteiger partial charge is 0.450 e. The highest BCUT2D eigenvalue weighted by molar-refractivity contribution is 5.82. The number of fused-ring (bicyclic) bond motifs is 1. The molecular formula is C22H32N4O3. The Kier molecular flexibility index (Phi) is 7.28. The fourth-order valence-electron chi connectivity index (χ4n) is 3.64. The molecule has 0 bridgehead atoms. The lowest BCUT2D eigenvalue weighted by molar-refractivity contribution is 0.105. The maximum absolute atomic E-state index is 12.0.